The molecule has 1 amide bonds. The van der Waals surface area contributed by atoms with Crippen molar-refractivity contribution in [2.75, 3.05) is 13.2 Å². The second-order valence-corrected chi connectivity index (χ2v) is 7.26. The number of ether oxygens (including phenoxy) is 2. The quantitative estimate of drug-likeness (QED) is 0.457. The summed E-state index contributed by atoms with van der Waals surface area (Å²) in [6.45, 7) is 1.62. The third-order valence-electron chi connectivity index (χ3n) is 3.88. The smallest absolute Gasteiger partial charge is 0.305 e. The lowest BCUT2D eigenvalue weighted by molar-refractivity contribution is 0.0911. The van der Waals surface area contributed by atoms with Crippen LogP contribution in [0, 0.1) is 0 Å². The highest BCUT2D eigenvalue weighted by atomic mass is 79.9. The zero-order valence-electron chi connectivity index (χ0n) is 14.5. The first-order chi connectivity index (χ1) is 13.1. The molecular formula is C18H20BrN3O4S. The fourth-order valence-electron chi connectivity index (χ4n) is 2.49. The summed E-state index contributed by atoms with van der Waals surface area (Å²) in [7, 11) is 0. The molecule has 27 heavy (non-hydrogen) atoms. The van der Waals surface area contributed by atoms with Gasteiger partial charge < -0.3 is 19.2 Å². The van der Waals surface area contributed by atoms with Crippen LogP contribution in [0.3, 0.4) is 0 Å². The van der Waals surface area contributed by atoms with Crippen LogP contribution >= 0.6 is 28.1 Å². The number of hydrogen-bond donors (Lipinski definition) is 3. The Morgan fingerprint density at radius 1 is 1.22 bits per heavy atom. The van der Waals surface area contributed by atoms with Crippen molar-refractivity contribution in [1.82, 2.24) is 16.2 Å². The van der Waals surface area contributed by atoms with E-state index >= 15 is 0 Å². The number of nitrogens with one attached hydrogen (secondary N) is 3. The van der Waals surface area contributed by atoms with Crippen molar-refractivity contribution in [3.8, 4) is 5.75 Å². The van der Waals surface area contributed by atoms with Gasteiger partial charge in [0.05, 0.1) is 6.10 Å². The molecule has 7 nitrogen and oxygen atoms in total. The van der Waals surface area contributed by atoms with Gasteiger partial charge in [-0.05, 0) is 61.5 Å². The van der Waals surface area contributed by atoms with E-state index in [1.54, 1.807) is 12.1 Å². The zero-order chi connectivity index (χ0) is 19.1. The minimum atomic E-state index is -0.425. The molecule has 2 aromatic rings. The number of halogens is 1. The Hall–Kier alpha value is -2.10. The molecule has 3 rings (SSSR count). The highest BCUT2D eigenvalue weighted by Gasteiger charge is 2.16. The lowest BCUT2D eigenvalue weighted by Gasteiger charge is -2.14. The minimum Gasteiger partial charge on any atom is -0.486 e. The topological polar surface area (TPSA) is 84.8 Å². The molecule has 1 fully saturated rings. The van der Waals surface area contributed by atoms with Crippen molar-refractivity contribution in [3.63, 3.8) is 0 Å². The van der Waals surface area contributed by atoms with E-state index in [0.717, 1.165) is 23.9 Å². The number of rotatable bonds is 6. The molecule has 0 radical (unpaired) electrons. The summed E-state index contributed by atoms with van der Waals surface area (Å²) in [5.74, 6) is 0.997. The van der Waals surface area contributed by atoms with Gasteiger partial charge in [0.1, 0.15) is 18.1 Å². The average molecular weight is 454 g/mol. The molecule has 0 bridgehead atoms. The zero-order valence-corrected chi connectivity index (χ0v) is 16.9. The molecule has 9 heteroatoms. The van der Waals surface area contributed by atoms with Crippen LogP contribution < -0.4 is 20.9 Å². The average Bonchev–Trinajstić information content (AvgIpc) is 3.36. The molecule has 0 aliphatic carbocycles. The molecule has 3 N–H and O–H groups in total. The van der Waals surface area contributed by atoms with E-state index in [9.17, 15) is 4.79 Å². The van der Waals surface area contributed by atoms with Crippen molar-refractivity contribution in [2.24, 2.45) is 0 Å². The maximum absolute atomic E-state index is 12.1. The van der Waals surface area contributed by atoms with Gasteiger partial charge in [-0.15, -0.1) is 0 Å². The Balaban J connectivity index is 1.39. The molecule has 1 aromatic carbocycles. The number of hydrazine groups is 1. The highest BCUT2D eigenvalue weighted by Crippen LogP contribution is 2.18. The molecule has 0 spiro atoms. The molecule has 1 atom stereocenters. The number of amides is 1. The molecule has 2 heterocycles. The fourth-order valence-corrected chi connectivity index (χ4v) is 2.89. The normalized spacial score (nSPS) is 16.0. The summed E-state index contributed by atoms with van der Waals surface area (Å²) in [5, 5.41) is 3.33. The van der Waals surface area contributed by atoms with Gasteiger partial charge in [-0.1, -0.05) is 15.9 Å². The maximum Gasteiger partial charge on any atom is 0.305 e. The van der Waals surface area contributed by atoms with E-state index in [4.69, 9.17) is 26.1 Å². The summed E-state index contributed by atoms with van der Waals surface area (Å²) >= 11 is 8.49. The van der Waals surface area contributed by atoms with Crippen LogP contribution in [0.1, 0.15) is 29.2 Å². The van der Waals surface area contributed by atoms with E-state index in [-0.39, 0.29) is 18.5 Å². The SMILES string of the molecule is O=C(NNC(=S)NC[C@H]1CCCO1)c1ccc(COc2ccc(Br)cc2)o1. The van der Waals surface area contributed by atoms with Crippen LogP contribution in [-0.4, -0.2) is 30.3 Å². The first-order valence-corrected chi connectivity index (χ1v) is 9.73. The second kappa shape index (κ2) is 9.72. The van der Waals surface area contributed by atoms with Crippen LogP contribution in [0.25, 0.3) is 0 Å². The number of thiocarbonyl (C=S) groups is 1. The van der Waals surface area contributed by atoms with Gasteiger partial charge in [0, 0.05) is 17.6 Å². The molecule has 144 valence electrons. The van der Waals surface area contributed by atoms with Crippen molar-refractivity contribution in [1.29, 1.82) is 0 Å². The molecule has 1 aliphatic rings. The third-order valence-corrected chi connectivity index (χ3v) is 4.66. The standard InChI is InChI=1S/C18H20BrN3O4S/c19-12-3-5-13(6-4-12)25-11-15-7-8-16(26-15)17(23)21-22-18(27)20-10-14-2-1-9-24-14/h3-8,14H,1-2,9-11H2,(H,21,23)(H2,20,22,27)/t14-/m1/s1. The number of benzene rings is 1. The molecule has 1 saturated heterocycles. The van der Waals surface area contributed by atoms with E-state index < -0.39 is 5.91 Å². The number of furan rings is 1. The van der Waals surface area contributed by atoms with Gasteiger partial charge in [-0.2, -0.15) is 0 Å². The minimum absolute atomic E-state index is 0.166. The first-order valence-electron chi connectivity index (χ1n) is 8.53. The third kappa shape index (κ3) is 6.23. The van der Waals surface area contributed by atoms with Gasteiger partial charge in [-0.25, -0.2) is 0 Å². The van der Waals surface area contributed by atoms with Crippen molar-refractivity contribution < 1.29 is 18.7 Å². The molecule has 1 aromatic heterocycles. The Morgan fingerprint density at radius 2 is 2.04 bits per heavy atom. The fraction of sp³-hybridized carbons (Fsp3) is 0.333. The Bertz CT molecular complexity index is 775. The Labute approximate surface area is 170 Å². The van der Waals surface area contributed by atoms with Crippen LogP contribution in [0.5, 0.6) is 5.75 Å². The van der Waals surface area contributed by atoms with Gasteiger partial charge in [-0.3, -0.25) is 15.6 Å². The lowest BCUT2D eigenvalue weighted by Crippen LogP contribution is -2.48. The van der Waals surface area contributed by atoms with Crippen molar-refractivity contribution in [3.05, 3.63) is 52.4 Å². The number of hydrogen-bond acceptors (Lipinski definition) is 5. The van der Waals surface area contributed by atoms with E-state index in [1.807, 2.05) is 24.3 Å². The van der Waals surface area contributed by atoms with Crippen LogP contribution in [0.4, 0.5) is 0 Å². The largest absolute Gasteiger partial charge is 0.486 e. The molecule has 0 unspecified atom stereocenters. The Kier molecular flexibility index (Phi) is 7.08. The summed E-state index contributed by atoms with van der Waals surface area (Å²) in [6, 6.07) is 10.7. The van der Waals surface area contributed by atoms with Gasteiger partial charge in [0.15, 0.2) is 10.9 Å². The number of carbonyl (C=O) groups excluding carboxylic acids is 1. The molecule has 0 saturated carbocycles. The van der Waals surface area contributed by atoms with Gasteiger partial charge in [0.2, 0.25) is 0 Å². The number of carbonyl (C=O) groups is 1. The van der Waals surface area contributed by atoms with Gasteiger partial charge in [0.25, 0.3) is 0 Å². The molecule has 1 aliphatic heterocycles. The lowest BCUT2D eigenvalue weighted by atomic mass is 10.2. The monoisotopic (exact) mass is 453 g/mol. The first kappa shape index (κ1) is 19.7. The van der Waals surface area contributed by atoms with E-state index in [1.165, 1.54) is 0 Å². The summed E-state index contributed by atoms with van der Waals surface area (Å²) < 4.78 is 17.6. The van der Waals surface area contributed by atoms with Gasteiger partial charge >= 0.3 is 5.91 Å². The van der Waals surface area contributed by atoms with E-state index in [2.05, 4.69) is 32.1 Å². The predicted octanol–water partition coefficient (Wildman–Crippen LogP) is 2.91. The Morgan fingerprint density at radius 3 is 2.78 bits per heavy atom. The summed E-state index contributed by atoms with van der Waals surface area (Å²) in [6.07, 6.45) is 2.24. The van der Waals surface area contributed by atoms with E-state index in [0.29, 0.717) is 23.2 Å². The summed E-state index contributed by atoms with van der Waals surface area (Å²) in [4.78, 5) is 12.1. The molecular weight excluding hydrogens is 434 g/mol. The van der Waals surface area contributed by atoms with Crippen molar-refractivity contribution in [2.45, 2.75) is 25.6 Å². The van der Waals surface area contributed by atoms with Crippen LogP contribution in [0.15, 0.2) is 45.3 Å². The highest BCUT2D eigenvalue weighted by molar-refractivity contribution is 9.10. The van der Waals surface area contributed by atoms with Crippen LogP contribution in [-0.2, 0) is 11.3 Å². The maximum atomic E-state index is 12.1. The van der Waals surface area contributed by atoms with Crippen LogP contribution in [0.2, 0.25) is 0 Å². The predicted molar refractivity (Wildman–Crippen MR) is 107 cm³/mol. The summed E-state index contributed by atoms with van der Waals surface area (Å²) in [5.41, 5.74) is 5.14. The second-order valence-electron chi connectivity index (χ2n) is 5.93. The van der Waals surface area contributed by atoms with Crippen molar-refractivity contribution >= 4 is 39.2 Å².